The molecular weight excluding hydrogens is 795 g/mol. The smallest absolute Gasteiger partial charge is 0.247 e. The third kappa shape index (κ3) is 13.4. The normalized spacial score (nSPS) is 27.8. The molecule has 1 aromatic rings. The maximum atomic E-state index is 13.4. The number of nitrogens with one attached hydrogen (secondary N) is 4. The topological polar surface area (TPSA) is 189 Å². The number of allylic oxidation sites excluding steroid dienone is 1. The molecule has 10 atom stereocenters. The van der Waals surface area contributed by atoms with E-state index in [0.29, 0.717) is 36.2 Å². The number of benzene rings is 1. The fourth-order valence-corrected chi connectivity index (χ4v) is 12.2. The van der Waals surface area contributed by atoms with Gasteiger partial charge in [-0.2, -0.15) is 0 Å². The van der Waals surface area contributed by atoms with Crippen LogP contribution >= 0.6 is 0 Å². The van der Waals surface area contributed by atoms with Crippen LogP contribution in [-0.2, 0) is 35.3 Å². The van der Waals surface area contributed by atoms with E-state index in [-0.39, 0.29) is 49.2 Å². The van der Waals surface area contributed by atoms with Crippen LogP contribution in [0.25, 0.3) is 0 Å². The van der Waals surface area contributed by atoms with Crippen molar-refractivity contribution < 1.29 is 33.8 Å². The fraction of sp³-hybridized carbons (Fsp3) is 0.745. The molecule has 3 saturated carbocycles. The highest BCUT2D eigenvalue weighted by Crippen LogP contribution is 2.67. The van der Waals surface area contributed by atoms with Gasteiger partial charge in [-0.15, -0.1) is 0 Å². The lowest BCUT2D eigenvalue weighted by atomic mass is 9.47. The monoisotopic (exact) mass is 876 g/mol. The minimum atomic E-state index is -1.28. The molecule has 7 N–H and O–H groups in total. The Kier molecular flexibility index (Phi) is 18.3. The van der Waals surface area contributed by atoms with E-state index in [1.807, 2.05) is 13.8 Å². The number of carbonyl (C=O) groups is 5. The third-order valence-electron chi connectivity index (χ3n) is 15.6. The Morgan fingerprint density at radius 1 is 0.825 bits per heavy atom. The molecule has 10 unspecified atom stereocenters. The second-order valence-electron chi connectivity index (χ2n) is 21.1. The van der Waals surface area contributed by atoms with Crippen molar-refractivity contribution in [1.29, 1.82) is 0 Å². The van der Waals surface area contributed by atoms with Crippen LogP contribution in [0.1, 0.15) is 157 Å². The van der Waals surface area contributed by atoms with Crippen LogP contribution in [0.3, 0.4) is 0 Å². The second-order valence-corrected chi connectivity index (χ2v) is 21.1. The van der Waals surface area contributed by atoms with Gasteiger partial charge in [-0.25, -0.2) is 0 Å². The number of ether oxygens (including phenoxy) is 1. The molecule has 3 fully saturated rings. The molecule has 0 saturated heterocycles. The molecule has 5 rings (SSSR count). The van der Waals surface area contributed by atoms with Crippen molar-refractivity contribution in [3.05, 3.63) is 41.5 Å². The maximum Gasteiger partial charge on any atom is 0.247 e. The Labute approximate surface area is 377 Å². The van der Waals surface area contributed by atoms with E-state index < -0.39 is 42.1 Å². The summed E-state index contributed by atoms with van der Waals surface area (Å²) in [4.78, 5) is 63.9. The van der Waals surface area contributed by atoms with E-state index in [9.17, 15) is 29.1 Å². The first kappa shape index (κ1) is 50.2. The van der Waals surface area contributed by atoms with Crippen LogP contribution in [0.5, 0.6) is 0 Å². The quantitative estimate of drug-likeness (QED) is 0.0480. The molecule has 352 valence electrons. The van der Waals surface area contributed by atoms with Crippen LogP contribution in [0, 0.1) is 52.3 Å². The van der Waals surface area contributed by atoms with Crippen LogP contribution in [0.4, 0.5) is 5.69 Å². The SMILES string of the molecule is CC(C)CCCC(C)C1CCC2C3CC=C4CC(OCCCNC(=O)CCC(=O)NC(CC(C)C)C(=O)NC(CC(N)=O)C(=O)Nc5ccc(CO)cc5)CCC4(C)C3CCC12C. The van der Waals surface area contributed by atoms with Gasteiger partial charge < -0.3 is 36.8 Å². The lowest BCUT2D eigenvalue weighted by Crippen LogP contribution is -2.54. The summed E-state index contributed by atoms with van der Waals surface area (Å²) >= 11 is 0. The zero-order valence-corrected chi connectivity index (χ0v) is 39.6. The molecule has 0 aliphatic heterocycles. The number of fused-ring (bicyclic) bond motifs is 5. The van der Waals surface area contributed by atoms with Crippen LogP contribution in [0.2, 0.25) is 0 Å². The number of aliphatic hydroxyl groups is 1. The highest BCUT2D eigenvalue weighted by atomic mass is 16.5. The van der Waals surface area contributed by atoms with Gasteiger partial charge in [-0.1, -0.05) is 91.5 Å². The first-order chi connectivity index (χ1) is 29.9. The molecule has 0 bridgehead atoms. The average molecular weight is 876 g/mol. The van der Waals surface area contributed by atoms with Crippen molar-refractivity contribution in [2.24, 2.45) is 58.0 Å². The summed E-state index contributed by atoms with van der Waals surface area (Å²) in [5, 5.41) is 20.1. The predicted molar refractivity (Wildman–Crippen MR) is 248 cm³/mol. The Morgan fingerprint density at radius 3 is 2.24 bits per heavy atom. The Balaban J connectivity index is 1.01. The summed E-state index contributed by atoms with van der Waals surface area (Å²) in [6.07, 6.45) is 17.4. The van der Waals surface area contributed by atoms with Gasteiger partial charge in [0.1, 0.15) is 12.1 Å². The second kappa shape index (κ2) is 22.9. The Morgan fingerprint density at radius 2 is 1.56 bits per heavy atom. The van der Waals surface area contributed by atoms with E-state index in [2.05, 4.69) is 62.0 Å². The Bertz CT molecular complexity index is 1750. The highest BCUT2D eigenvalue weighted by molar-refractivity contribution is 6.00. The summed E-state index contributed by atoms with van der Waals surface area (Å²) in [6, 6.07) is 4.18. The standard InChI is InChI=1S/C51H81N5O7/c1-32(2)10-8-11-34(5)40-18-19-41-39-17-14-36-29-38(22-24-50(36,6)42(39)23-25-51(40,41)7)63-27-9-26-53-46(59)20-21-47(60)55-43(28-33(3)4)49(62)56-44(30-45(52)58)48(61)54-37-15-12-35(31-57)13-16-37/h12-16,32-34,38-44,57H,8-11,17-31H2,1-7H3,(H2,52,58)(H,53,59)(H,54,61)(H,55,60)(H,56,62). The molecule has 12 nitrogen and oxygen atoms in total. The first-order valence-electron chi connectivity index (χ1n) is 24.4. The zero-order valence-electron chi connectivity index (χ0n) is 39.6. The largest absolute Gasteiger partial charge is 0.392 e. The number of rotatable bonds is 23. The molecular formula is C51H81N5O7. The number of amides is 5. The van der Waals surface area contributed by atoms with E-state index in [1.165, 1.54) is 57.8 Å². The van der Waals surface area contributed by atoms with Gasteiger partial charge in [0.05, 0.1) is 19.1 Å². The molecule has 4 aliphatic rings. The number of nitrogens with two attached hydrogens (primary N) is 1. The van der Waals surface area contributed by atoms with Gasteiger partial charge in [0.15, 0.2) is 0 Å². The lowest BCUT2D eigenvalue weighted by Gasteiger charge is -2.58. The molecule has 4 aliphatic carbocycles. The number of carbonyl (C=O) groups excluding carboxylic acids is 5. The molecule has 0 radical (unpaired) electrons. The van der Waals surface area contributed by atoms with E-state index >= 15 is 0 Å². The van der Waals surface area contributed by atoms with E-state index in [4.69, 9.17) is 10.5 Å². The summed E-state index contributed by atoms with van der Waals surface area (Å²) in [5.41, 5.74) is 8.86. The van der Waals surface area contributed by atoms with Crippen molar-refractivity contribution in [2.75, 3.05) is 18.5 Å². The number of hydrogen-bond donors (Lipinski definition) is 6. The van der Waals surface area contributed by atoms with Crippen LogP contribution < -0.4 is 27.0 Å². The van der Waals surface area contributed by atoms with Crippen molar-refractivity contribution >= 4 is 35.2 Å². The van der Waals surface area contributed by atoms with Gasteiger partial charge in [-0.3, -0.25) is 24.0 Å². The molecule has 0 spiro atoms. The van der Waals surface area contributed by atoms with E-state index in [0.717, 1.165) is 48.3 Å². The summed E-state index contributed by atoms with van der Waals surface area (Å²) in [7, 11) is 0. The summed E-state index contributed by atoms with van der Waals surface area (Å²) in [6.45, 7) is 17.1. The van der Waals surface area contributed by atoms with Crippen LogP contribution in [0.15, 0.2) is 35.9 Å². The number of primary amides is 1. The molecule has 5 amide bonds. The molecule has 0 aromatic heterocycles. The van der Waals surface area contributed by atoms with Crippen molar-refractivity contribution in [1.82, 2.24) is 16.0 Å². The molecule has 1 aromatic carbocycles. The molecule has 12 heteroatoms. The lowest BCUT2D eigenvalue weighted by molar-refractivity contribution is -0.132. The van der Waals surface area contributed by atoms with E-state index in [1.54, 1.807) is 29.8 Å². The van der Waals surface area contributed by atoms with Gasteiger partial charge in [-0.05, 0) is 134 Å². The fourth-order valence-electron chi connectivity index (χ4n) is 12.2. The van der Waals surface area contributed by atoms with Gasteiger partial charge in [0.25, 0.3) is 0 Å². The maximum absolute atomic E-state index is 13.4. The zero-order chi connectivity index (χ0) is 45.9. The first-order valence-corrected chi connectivity index (χ1v) is 24.4. The summed E-state index contributed by atoms with van der Waals surface area (Å²) < 4.78 is 6.41. The number of aliphatic hydroxyl groups excluding tert-OH is 1. The van der Waals surface area contributed by atoms with Crippen molar-refractivity contribution in [3.63, 3.8) is 0 Å². The van der Waals surface area contributed by atoms with Gasteiger partial charge >= 0.3 is 0 Å². The minimum absolute atomic E-state index is 0.0108. The number of hydrogen-bond acceptors (Lipinski definition) is 7. The summed E-state index contributed by atoms with van der Waals surface area (Å²) in [5.74, 6) is 2.16. The molecule has 63 heavy (non-hydrogen) atoms. The minimum Gasteiger partial charge on any atom is -0.392 e. The van der Waals surface area contributed by atoms with Crippen molar-refractivity contribution in [3.8, 4) is 0 Å². The number of anilines is 1. The molecule has 0 heterocycles. The third-order valence-corrected chi connectivity index (χ3v) is 15.6. The van der Waals surface area contributed by atoms with Gasteiger partial charge in [0, 0.05) is 31.7 Å². The average Bonchev–Trinajstić information content (AvgIpc) is 3.59. The van der Waals surface area contributed by atoms with Crippen LogP contribution in [-0.4, -0.2) is 66.0 Å². The van der Waals surface area contributed by atoms with Gasteiger partial charge in [0.2, 0.25) is 29.5 Å². The Hall–Kier alpha value is -3.77. The predicted octanol–water partition coefficient (Wildman–Crippen LogP) is 7.72. The van der Waals surface area contributed by atoms with Crippen molar-refractivity contribution in [2.45, 2.75) is 176 Å². The highest BCUT2D eigenvalue weighted by Gasteiger charge is 2.59.